The fourth-order valence-electron chi connectivity index (χ4n) is 1.85. The molecule has 86 valence electrons. The van der Waals surface area contributed by atoms with Gasteiger partial charge in [0.2, 0.25) is 0 Å². The van der Waals surface area contributed by atoms with E-state index in [9.17, 15) is 5.11 Å². The summed E-state index contributed by atoms with van der Waals surface area (Å²) in [5, 5.41) is 16.4. The molecule has 0 bridgehead atoms. The topological polar surface area (TPSA) is 45.1 Å². The molecule has 0 aliphatic carbocycles. The van der Waals surface area contributed by atoms with Gasteiger partial charge >= 0.3 is 0 Å². The van der Waals surface area contributed by atoms with E-state index in [-0.39, 0.29) is 0 Å². The van der Waals surface area contributed by atoms with Crippen molar-refractivity contribution in [3.63, 3.8) is 0 Å². The number of fused-ring (bicyclic) bond motifs is 1. The molecular weight excluding hydrogens is 256 g/mol. The van der Waals surface area contributed by atoms with Crippen LogP contribution in [0.3, 0.4) is 0 Å². The number of thiazole rings is 1. The molecule has 1 aliphatic rings. The molecule has 1 aromatic heterocycles. The maximum Gasteiger partial charge on any atom is 0.151 e. The number of aromatic nitrogens is 1. The van der Waals surface area contributed by atoms with Crippen LogP contribution in [0.4, 0.5) is 5.69 Å². The van der Waals surface area contributed by atoms with Crippen molar-refractivity contribution in [2.24, 2.45) is 0 Å². The second-order valence-corrected chi connectivity index (χ2v) is 5.07. The standard InChI is InChI=1S/C12H9ClN2OS/c13-7-1-2-10-8(5-7)9(12(16)15-10)6-11-14-3-4-17-11/h1-6,12,15-16H/b9-6-. The third-order valence-electron chi connectivity index (χ3n) is 2.61. The number of anilines is 1. The summed E-state index contributed by atoms with van der Waals surface area (Å²) >= 11 is 7.50. The highest BCUT2D eigenvalue weighted by Gasteiger charge is 2.24. The number of hydrogen-bond donors (Lipinski definition) is 2. The first-order valence-electron chi connectivity index (χ1n) is 5.09. The van der Waals surface area contributed by atoms with Crippen LogP contribution in [0.5, 0.6) is 0 Å². The molecule has 0 spiro atoms. The van der Waals surface area contributed by atoms with Crippen molar-refractivity contribution in [1.29, 1.82) is 0 Å². The molecule has 3 nitrogen and oxygen atoms in total. The molecule has 0 saturated carbocycles. The van der Waals surface area contributed by atoms with Crippen LogP contribution in [0.25, 0.3) is 11.6 Å². The van der Waals surface area contributed by atoms with E-state index in [1.54, 1.807) is 12.3 Å². The van der Waals surface area contributed by atoms with Crippen molar-refractivity contribution >= 4 is 40.3 Å². The van der Waals surface area contributed by atoms with E-state index in [0.717, 1.165) is 21.8 Å². The number of benzene rings is 1. The maximum absolute atomic E-state index is 9.95. The van der Waals surface area contributed by atoms with Crippen LogP contribution in [0.15, 0.2) is 29.8 Å². The van der Waals surface area contributed by atoms with E-state index in [1.807, 2.05) is 23.6 Å². The number of aliphatic hydroxyl groups excluding tert-OH is 1. The van der Waals surface area contributed by atoms with E-state index in [0.29, 0.717) is 5.02 Å². The predicted octanol–water partition coefficient (Wildman–Crippen LogP) is 3.08. The summed E-state index contributed by atoms with van der Waals surface area (Å²) in [6, 6.07) is 5.51. The van der Waals surface area contributed by atoms with Crippen LogP contribution < -0.4 is 5.32 Å². The van der Waals surface area contributed by atoms with Crippen LogP contribution in [0.2, 0.25) is 5.02 Å². The Hall–Kier alpha value is -1.36. The van der Waals surface area contributed by atoms with E-state index < -0.39 is 6.23 Å². The van der Waals surface area contributed by atoms with Crippen LogP contribution >= 0.6 is 22.9 Å². The van der Waals surface area contributed by atoms with Gasteiger partial charge in [0, 0.05) is 33.4 Å². The third kappa shape index (κ3) is 1.95. The van der Waals surface area contributed by atoms with Crippen molar-refractivity contribution in [3.8, 4) is 0 Å². The molecule has 0 amide bonds. The number of aliphatic hydroxyl groups is 1. The van der Waals surface area contributed by atoms with Crippen LogP contribution in [-0.2, 0) is 0 Å². The predicted molar refractivity (Wildman–Crippen MR) is 71.1 cm³/mol. The van der Waals surface area contributed by atoms with Gasteiger partial charge in [0.05, 0.1) is 0 Å². The zero-order valence-corrected chi connectivity index (χ0v) is 10.3. The molecule has 0 saturated heterocycles. The smallest absolute Gasteiger partial charge is 0.151 e. The molecule has 0 fully saturated rings. The van der Waals surface area contributed by atoms with Crippen LogP contribution in [0, 0.1) is 0 Å². The summed E-state index contributed by atoms with van der Waals surface area (Å²) in [6.07, 6.45) is 2.92. The molecule has 5 heteroatoms. The summed E-state index contributed by atoms with van der Waals surface area (Å²) in [5.41, 5.74) is 2.63. The monoisotopic (exact) mass is 264 g/mol. The third-order valence-corrected chi connectivity index (χ3v) is 3.57. The molecule has 2 heterocycles. The largest absolute Gasteiger partial charge is 0.369 e. The molecule has 2 aromatic rings. The number of nitrogens with zero attached hydrogens (tertiary/aromatic N) is 1. The van der Waals surface area contributed by atoms with E-state index in [2.05, 4.69) is 10.3 Å². The Kier molecular flexibility index (Phi) is 2.63. The first-order chi connectivity index (χ1) is 8.24. The zero-order valence-electron chi connectivity index (χ0n) is 8.72. The highest BCUT2D eigenvalue weighted by molar-refractivity contribution is 7.10. The fraction of sp³-hybridized carbons (Fsp3) is 0.0833. The van der Waals surface area contributed by atoms with E-state index >= 15 is 0 Å². The van der Waals surface area contributed by atoms with Gasteiger partial charge in [-0.1, -0.05) is 11.6 Å². The van der Waals surface area contributed by atoms with Gasteiger partial charge in [-0.25, -0.2) is 4.98 Å². The van der Waals surface area contributed by atoms with Crippen molar-refractivity contribution in [3.05, 3.63) is 45.4 Å². The van der Waals surface area contributed by atoms with Gasteiger partial charge in [-0.2, -0.15) is 0 Å². The van der Waals surface area contributed by atoms with Crippen molar-refractivity contribution < 1.29 is 5.11 Å². The summed E-state index contributed by atoms with van der Waals surface area (Å²) in [5.74, 6) is 0. The number of halogens is 1. The molecule has 1 aliphatic heterocycles. The Balaban J connectivity index is 2.10. The Labute approximate surface area is 107 Å². The highest BCUT2D eigenvalue weighted by atomic mass is 35.5. The molecule has 1 unspecified atom stereocenters. The molecular formula is C12H9ClN2OS. The molecule has 2 N–H and O–H groups in total. The second-order valence-electron chi connectivity index (χ2n) is 3.71. The molecule has 0 radical (unpaired) electrons. The van der Waals surface area contributed by atoms with Gasteiger partial charge in [0.1, 0.15) is 5.01 Å². The zero-order chi connectivity index (χ0) is 11.8. The van der Waals surface area contributed by atoms with E-state index in [4.69, 9.17) is 11.6 Å². The van der Waals surface area contributed by atoms with Gasteiger partial charge in [-0.3, -0.25) is 0 Å². The Bertz CT molecular complexity index is 580. The summed E-state index contributed by atoms with van der Waals surface area (Å²) < 4.78 is 0. The Morgan fingerprint density at radius 2 is 2.35 bits per heavy atom. The fourth-order valence-corrected chi connectivity index (χ4v) is 2.60. The molecule has 3 rings (SSSR count). The van der Waals surface area contributed by atoms with E-state index in [1.165, 1.54) is 11.3 Å². The van der Waals surface area contributed by atoms with Gasteiger partial charge in [-0.05, 0) is 24.3 Å². The van der Waals surface area contributed by atoms with Gasteiger partial charge in [0.15, 0.2) is 6.23 Å². The number of rotatable bonds is 1. The lowest BCUT2D eigenvalue weighted by Crippen LogP contribution is -2.12. The average Bonchev–Trinajstić information content (AvgIpc) is 2.90. The lowest BCUT2D eigenvalue weighted by atomic mass is 10.1. The quantitative estimate of drug-likeness (QED) is 0.832. The SMILES string of the molecule is OC1Nc2ccc(Cl)cc2/C1=C/c1nccs1. The van der Waals surface area contributed by atoms with Gasteiger partial charge in [0.25, 0.3) is 0 Å². The van der Waals surface area contributed by atoms with Crippen LogP contribution in [0.1, 0.15) is 10.6 Å². The molecule has 1 aromatic carbocycles. The minimum Gasteiger partial charge on any atom is -0.369 e. The first-order valence-corrected chi connectivity index (χ1v) is 6.35. The average molecular weight is 265 g/mol. The number of hydrogen-bond acceptors (Lipinski definition) is 4. The van der Waals surface area contributed by atoms with Crippen molar-refractivity contribution in [2.75, 3.05) is 5.32 Å². The van der Waals surface area contributed by atoms with Gasteiger partial charge < -0.3 is 10.4 Å². The summed E-state index contributed by atoms with van der Waals surface area (Å²) in [6.45, 7) is 0. The molecule has 17 heavy (non-hydrogen) atoms. The maximum atomic E-state index is 9.95. The highest BCUT2D eigenvalue weighted by Crippen LogP contribution is 2.37. The summed E-state index contributed by atoms with van der Waals surface area (Å²) in [7, 11) is 0. The first kappa shape index (κ1) is 10.8. The molecule has 1 atom stereocenters. The van der Waals surface area contributed by atoms with Crippen molar-refractivity contribution in [1.82, 2.24) is 4.98 Å². The Morgan fingerprint density at radius 3 is 3.12 bits per heavy atom. The van der Waals surface area contributed by atoms with Gasteiger partial charge in [-0.15, -0.1) is 11.3 Å². The van der Waals surface area contributed by atoms with Crippen molar-refractivity contribution in [2.45, 2.75) is 6.23 Å². The minimum absolute atomic E-state index is 0.657. The summed E-state index contributed by atoms with van der Waals surface area (Å²) in [4.78, 5) is 4.18. The number of nitrogens with one attached hydrogen (secondary N) is 1. The minimum atomic E-state index is -0.702. The second kappa shape index (κ2) is 4.14. The lowest BCUT2D eigenvalue weighted by molar-refractivity contribution is 0.266. The van der Waals surface area contributed by atoms with Crippen LogP contribution in [-0.4, -0.2) is 16.3 Å². The lowest BCUT2D eigenvalue weighted by Gasteiger charge is -2.03. The normalized spacial score (nSPS) is 20.4. The Morgan fingerprint density at radius 1 is 1.47 bits per heavy atom.